The third-order valence-corrected chi connectivity index (χ3v) is 6.07. The number of hydrogen-bond donors (Lipinski definition) is 1. The molecule has 2 aliphatic rings. The number of sulfonamides is 1. The average molecular weight is 278 g/mol. The maximum absolute atomic E-state index is 11.0. The lowest BCUT2D eigenvalue weighted by Gasteiger charge is -2.44. The summed E-state index contributed by atoms with van der Waals surface area (Å²) in [4.78, 5) is 2.28. The summed E-state index contributed by atoms with van der Waals surface area (Å²) < 4.78 is 22.4. The van der Waals surface area contributed by atoms with Crippen molar-refractivity contribution in [2.75, 3.05) is 31.1 Å². The minimum atomic E-state index is -3.31. The van der Waals surface area contributed by atoms with Crippen LogP contribution in [0.15, 0.2) is 0 Å². The van der Waals surface area contributed by atoms with Crippen molar-refractivity contribution in [1.82, 2.24) is 4.90 Å². The zero-order valence-corrected chi connectivity index (χ0v) is 11.9. The van der Waals surface area contributed by atoms with Crippen LogP contribution in [0.1, 0.15) is 32.1 Å². The lowest BCUT2D eigenvalue weighted by molar-refractivity contribution is 0.229. The molecule has 17 heavy (non-hydrogen) atoms. The SMILES string of the molecule is NS(=O)(=O)CCN1CCSC2(CCCCC2)C1. The highest BCUT2D eigenvalue weighted by Gasteiger charge is 2.37. The smallest absolute Gasteiger partial charge is 0.210 e. The first-order valence-corrected chi connectivity index (χ1v) is 9.06. The summed E-state index contributed by atoms with van der Waals surface area (Å²) in [5.41, 5.74) is 0. The highest BCUT2D eigenvalue weighted by atomic mass is 32.2. The van der Waals surface area contributed by atoms with Crippen LogP contribution in [-0.4, -0.2) is 49.2 Å². The first-order valence-electron chi connectivity index (χ1n) is 6.36. The number of nitrogens with two attached hydrogens (primary N) is 1. The van der Waals surface area contributed by atoms with E-state index in [1.54, 1.807) is 0 Å². The van der Waals surface area contributed by atoms with E-state index in [9.17, 15) is 8.42 Å². The Hall–Kier alpha value is 0.220. The molecular weight excluding hydrogens is 256 g/mol. The number of hydrogen-bond acceptors (Lipinski definition) is 4. The highest BCUT2D eigenvalue weighted by molar-refractivity contribution is 8.00. The zero-order chi connectivity index (χ0) is 12.4. The van der Waals surface area contributed by atoms with E-state index in [1.165, 1.54) is 32.1 Å². The molecule has 6 heteroatoms. The van der Waals surface area contributed by atoms with E-state index in [0.29, 0.717) is 11.3 Å². The van der Waals surface area contributed by atoms with Gasteiger partial charge < -0.3 is 4.90 Å². The Morgan fingerprint density at radius 3 is 2.59 bits per heavy atom. The molecule has 1 aliphatic heterocycles. The summed E-state index contributed by atoms with van der Waals surface area (Å²) in [5, 5.41) is 5.06. The molecule has 1 saturated heterocycles. The van der Waals surface area contributed by atoms with Crippen molar-refractivity contribution in [3.63, 3.8) is 0 Å². The Morgan fingerprint density at radius 2 is 1.94 bits per heavy atom. The Morgan fingerprint density at radius 1 is 1.24 bits per heavy atom. The first kappa shape index (κ1) is 13.6. The van der Waals surface area contributed by atoms with Crippen molar-refractivity contribution in [2.45, 2.75) is 36.9 Å². The quantitative estimate of drug-likeness (QED) is 0.837. The molecule has 2 N–H and O–H groups in total. The summed E-state index contributed by atoms with van der Waals surface area (Å²) in [6.45, 7) is 2.65. The molecule has 0 aromatic heterocycles. The summed E-state index contributed by atoms with van der Waals surface area (Å²) in [6.07, 6.45) is 6.61. The fourth-order valence-electron chi connectivity index (χ4n) is 2.87. The third-order valence-electron chi connectivity index (χ3n) is 3.78. The molecule has 0 bridgehead atoms. The fraction of sp³-hybridized carbons (Fsp3) is 1.00. The summed E-state index contributed by atoms with van der Waals surface area (Å²) in [5.74, 6) is 1.22. The lowest BCUT2D eigenvalue weighted by atomic mass is 9.87. The zero-order valence-electron chi connectivity index (χ0n) is 10.2. The van der Waals surface area contributed by atoms with Gasteiger partial charge in [0.15, 0.2) is 0 Å². The second kappa shape index (κ2) is 5.47. The van der Waals surface area contributed by atoms with Crippen molar-refractivity contribution < 1.29 is 8.42 Å². The highest BCUT2D eigenvalue weighted by Crippen LogP contribution is 2.42. The van der Waals surface area contributed by atoms with Gasteiger partial charge in [0.25, 0.3) is 0 Å². The Kier molecular flexibility index (Phi) is 4.39. The van der Waals surface area contributed by atoms with Crippen LogP contribution < -0.4 is 5.14 Å². The molecule has 0 unspecified atom stereocenters. The molecule has 1 heterocycles. The molecule has 2 rings (SSSR count). The number of thioether (sulfide) groups is 1. The summed E-state index contributed by atoms with van der Waals surface area (Å²) >= 11 is 2.10. The van der Waals surface area contributed by atoms with Gasteiger partial charge in [-0.15, -0.1) is 0 Å². The predicted octanol–water partition coefficient (Wildman–Crippen LogP) is 1.03. The second-order valence-electron chi connectivity index (χ2n) is 5.24. The van der Waals surface area contributed by atoms with Crippen LogP contribution >= 0.6 is 11.8 Å². The maximum Gasteiger partial charge on any atom is 0.210 e. The Balaban J connectivity index is 1.88. The normalized spacial score (nSPS) is 26.2. The number of nitrogens with zero attached hydrogens (tertiary/aromatic N) is 1. The van der Waals surface area contributed by atoms with E-state index in [0.717, 1.165) is 18.8 Å². The largest absolute Gasteiger partial charge is 0.300 e. The van der Waals surface area contributed by atoms with E-state index in [1.807, 2.05) is 0 Å². The number of rotatable bonds is 3. The first-order chi connectivity index (χ1) is 7.99. The molecule has 0 aromatic carbocycles. The molecule has 4 nitrogen and oxygen atoms in total. The van der Waals surface area contributed by atoms with Gasteiger partial charge in [0.2, 0.25) is 10.0 Å². The van der Waals surface area contributed by atoms with Gasteiger partial charge in [-0.25, -0.2) is 13.6 Å². The molecule has 2 fully saturated rings. The molecule has 0 aromatic rings. The van der Waals surface area contributed by atoms with Gasteiger partial charge in [0.05, 0.1) is 5.75 Å². The lowest BCUT2D eigenvalue weighted by Crippen LogP contribution is -2.49. The van der Waals surface area contributed by atoms with Gasteiger partial charge in [0, 0.05) is 30.1 Å². The van der Waals surface area contributed by atoms with Gasteiger partial charge in [-0.05, 0) is 12.8 Å². The van der Waals surface area contributed by atoms with Crippen molar-refractivity contribution in [3.8, 4) is 0 Å². The fourth-order valence-corrected chi connectivity index (χ4v) is 5.02. The molecule has 0 atom stereocenters. The van der Waals surface area contributed by atoms with Gasteiger partial charge in [-0.2, -0.15) is 11.8 Å². The van der Waals surface area contributed by atoms with Crippen LogP contribution in [0.4, 0.5) is 0 Å². The van der Waals surface area contributed by atoms with Crippen molar-refractivity contribution in [2.24, 2.45) is 5.14 Å². The van der Waals surface area contributed by atoms with Crippen LogP contribution in [-0.2, 0) is 10.0 Å². The van der Waals surface area contributed by atoms with Crippen LogP contribution in [0, 0.1) is 0 Å². The van der Waals surface area contributed by atoms with Crippen molar-refractivity contribution in [3.05, 3.63) is 0 Å². The summed E-state index contributed by atoms with van der Waals surface area (Å²) in [7, 11) is -3.31. The van der Waals surface area contributed by atoms with Crippen LogP contribution in [0.25, 0.3) is 0 Å². The summed E-state index contributed by atoms with van der Waals surface area (Å²) in [6, 6.07) is 0. The predicted molar refractivity (Wildman–Crippen MR) is 72.7 cm³/mol. The second-order valence-corrected chi connectivity index (χ2v) is 8.53. The number of primary sulfonamides is 1. The van der Waals surface area contributed by atoms with E-state index in [-0.39, 0.29) is 5.75 Å². The van der Waals surface area contributed by atoms with E-state index in [2.05, 4.69) is 16.7 Å². The molecular formula is C11H22N2O2S2. The standard InChI is InChI=1S/C11H22N2O2S2/c12-17(14,15)9-7-13-6-8-16-11(10-13)4-2-1-3-5-11/h1-10H2,(H2,12,14,15). The maximum atomic E-state index is 11.0. The van der Waals surface area contributed by atoms with Crippen LogP contribution in [0.5, 0.6) is 0 Å². The minimum absolute atomic E-state index is 0.0910. The molecule has 1 aliphatic carbocycles. The van der Waals surface area contributed by atoms with Crippen molar-refractivity contribution >= 4 is 21.8 Å². The van der Waals surface area contributed by atoms with Crippen molar-refractivity contribution in [1.29, 1.82) is 0 Å². The molecule has 1 saturated carbocycles. The monoisotopic (exact) mass is 278 g/mol. The Bertz CT molecular complexity index is 345. The topological polar surface area (TPSA) is 63.4 Å². The van der Waals surface area contributed by atoms with E-state index >= 15 is 0 Å². The Labute approximate surface area is 108 Å². The third kappa shape index (κ3) is 4.12. The molecule has 0 amide bonds. The van der Waals surface area contributed by atoms with Crippen LogP contribution in [0.2, 0.25) is 0 Å². The van der Waals surface area contributed by atoms with Gasteiger partial charge in [-0.3, -0.25) is 0 Å². The minimum Gasteiger partial charge on any atom is -0.300 e. The van der Waals surface area contributed by atoms with Gasteiger partial charge in [-0.1, -0.05) is 19.3 Å². The molecule has 100 valence electrons. The average Bonchev–Trinajstić information content (AvgIpc) is 2.27. The van der Waals surface area contributed by atoms with E-state index in [4.69, 9.17) is 5.14 Å². The van der Waals surface area contributed by atoms with Gasteiger partial charge in [0.1, 0.15) is 0 Å². The van der Waals surface area contributed by atoms with Crippen LogP contribution in [0.3, 0.4) is 0 Å². The molecule has 1 spiro atoms. The molecule has 0 radical (unpaired) electrons. The van der Waals surface area contributed by atoms with E-state index < -0.39 is 10.0 Å². The van der Waals surface area contributed by atoms with Gasteiger partial charge >= 0.3 is 0 Å².